The van der Waals surface area contributed by atoms with Crippen LogP contribution in [0.3, 0.4) is 0 Å². The Morgan fingerprint density at radius 2 is 0.825 bits per heavy atom. The molecule has 0 saturated carbocycles. The molecule has 1 aliphatic carbocycles. The minimum atomic E-state index is -0.539. The van der Waals surface area contributed by atoms with Gasteiger partial charge < -0.3 is 0 Å². The van der Waals surface area contributed by atoms with E-state index in [1.165, 1.54) is 66.2 Å². The van der Waals surface area contributed by atoms with Crippen molar-refractivity contribution < 1.29 is 0 Å². The first kappa shape index (κ1) is 36.6. The van der Waals surface area contributed by atoms with Crippen molar-refractivity contribution in [3.8, 4) is 67.3 Å². The summed E-state index contributed by atoms with van der Waals surface area (Å²) in [5.74, 6) is 0.698. The Kier molecular flexibility index (Phi) is 8.76. The van der Waals surface area contributed by atoms with Gasteiger partial charge in [-0.15, -0.1) is 0 Å². The van der Waals surface area contributed by atoms with E-state index < -0.39 is 5.41 Å². The summed E-state index contributed by atoms with van der Waals surface area (Å²) in [5, 5.41) is 4.83. The van der Waals surface area contributed by atoms with Crippen molar-refractivity contribution in [1.29, 1.82) is 0 Å². The van der Waals surface area contributed by atoms with Crippen LogP contribution in [0.4, 0.5) is 0 Å². The van der Waals surface area contributed by atoms with Crippen LogP contribution >= 0.6 is 0 Å². The molecule has 0 spiro atoms. The first-order valence-corrected chi connectivity index (χ1v) is 21.7. The molecule has 12 rings (SSSR count). The van der Waals surface area contributed by atoms with Crippen LogP contribution in [0.2, 0.25) is 0 Å². The van der Waals surface area contributed by atoms with Crippen molar-refractivity contribution in [1.82, 2.24) is 9.97 Å². The molecule has 11 aromatic rings. The number of hydrogen-bond acceptors (Lipinski definition) is 2. The molecule has 1 heterocycles. The van der Waals surface area contributed by atoms with Gasteiger partial charge in [0.25, 0.3) is 0 Å². The van der Waals surface area contributed by atoms with Crippen molar-refractivity contribution in [3.05, 3.63) is 265 Å². The maximum absolute atomic E-state index is 5.32. The van der Waals surface area contributed by atoms with E-state index in [-0.39, 0.29) is 0 Å². The van der Waals surface area contributed by atoms with Crippen molar-refractivity contribution >= 4 is 21.5 Å². The molecule has 63 heavy (non-hydrogen) atoms. The summed E-state index contributed by atoms with van der Waals surface area (Å²) in [6.45, 7) is 0. The zero-order valence-corrected chi connectivity index (χ0v) is 34.5. The van der Waals surface area contributed by atoms with Gasteiger partial charge in [-0.1, -0.05) is 231 Å². The molecule has 2 nitrogen and oxygen atoms in total. The maximum Gasteiger partial charge on any atom is 0.160 e. The largest absolute Gasteiger partial charge is 0.228 e. The Hall–Kier alpha value is -8.20. The number of hydrogen-bond donors (Lipinski definition) is 0. The lowest BCUT2D eigenvalue weighted by Gasteiger charge is -2.34. The van der Waals surface area contributed by atoms with E-state index in [0.717, 1.165) is 39.0 Å². The predicted molar refractivity (Wildman–Crippen MR) is 262 cm³/mol. The fraction of sp³-hybridized carbons (Fsp3) is 0.0164. The molecule has 0 saturated heterocycles. The molecule has 0 radical (unpaired) electrons. The number of aromatic nitrogens is 2. The van der Waals surface area contributed by atoms with E-state index in [4.69, 9.17) is 9.97 Å². The van der Waals surface area contributed by atoms with Gasteiger partial charge in [0.15, 0.2) is 5.82 Å². The lowest BCUT2D eigenvalue weighted by Crippen LogP contribution is -2.28. The smallest absolute Gasteiger partial charge is 0.160 e. The zero-order chi connectivity index (χ0) is 41.7. The molecule has 2 heteroatoms. The summed E-state index contributed by atoms with van der Waals surface area (Å²) in [6.07, 6.45) is 0. The monoisotopic (exact) mass is 800 g/mol. The van der Waals surface area contributed by atoms with Gasteiger partial charge in [0.1, 0.15) is 0 Å². The molecule has 294 valence electrons. The van der Waals surface area contributed by atoms with Gasteiger partial charge in [-0.3, -0.25) is 0 Å². The highest BCUT2D eigenvalue weighted by Crippen LogP contribution is 2.60. The van der Waals surface area contributed by atoms with Gasteiger partial charge in [-0.2, -0.15) is 0 Å². The summed E-state index contributed by atoms with van der Waals surface area (Å²) in [6, 6.07) is 87.8. The summed E-state index contributed by atoms with van der Waals surface area (Å²) in [4.78, 5) is 10.5. The molecule has 0 amide bonds. The van der Waals surface area contributed by atoms with Crippen LogP contribution in [0.1, 0.15) is 22.3 Å². The Balaban J connectivity index is 1.09. The molecule has 0 atom stereocenters. The second-order valence-corrected chi connectivity index (χ2v) is 16.4. The quantitative estimate of drug-likeness (QED) is 0.160. The van der Waals surface area contributed by atoms with Crippen molar-refractivity contribution in [2.24, 2.45) is 0 Å². The first-order chi connectivity index (χ1) is 31.3. The fourth-order valence-electron chi connectivity index (χ4n) is 10.2. The Labute approximate surface area is 367 Å². The molecule has 0 aliphatic heterocycles. The number of benzene rings is 10. The SMILES string of the molecule is c1ccc(-c2cccc(-c3cc(-c4ccc(-c5cccc6c5-c5ccc7ccccc7c5C6(c5ccccc5)c5ccccc5)c5ccccc45)nc(-c4ccccc4)n3)c2)cc1. The van der Waals surface area contributed by atoms with Crippen LogP contribution in [0.15, 0.2) is 243 Å². The molecule has 0 N–H and O–H groups in total. The third-order valence-corrected chi connectivity index (χ3v) is 13.0. The minimum absolute atomic E-state index is 0.539. The molecular weight excluding hydrogens is 761 g/mol. The third-order valence-electron chi connectivity index (χ3n) is 13.0. The van der Waals surface area contributed by atoms with Crippen LogP contribution in [0.5, 0.6) is 0 Å². The van der Waals surface area contributed by atoms with E-state index >= 15 is 0 Å². The molecule has 0 bridgehead atoms. The third kappa shape index (κ3) is 5.95. The van der Waals surface area contributed by atoms with Crippen LogP contribution in [-0.4, -0.2) is 9.97 Å². The Morgan fingerprint density at radius 1 is 0.302 bits per heavy atom. The molecular formula is C61H40N2. The van der Waals surface area contributed by atoms with Gasteiger partial charge in [0.2, 0.25) is 0 Å². The number of nitrogens with zero attached hydrogens (tertiary/aromatic N) is 2. The second-order valence-electron chi connectivity index (χ2n) is 16.4. The lowest BCUT2D eigenvalue weighted by atomic mass is 9.66. The van der Waals surface area contributed by atoms with Gasteiger partial charge in [-0.05, 0) is 89.3 Å². The van der Waals surface area contributed by atoms with Crippen molar-refractivity contribution in [2.45, 2.75) is 5.41 Å². The lowest BCUT2D eigenvalue weighted by molar-refractivity contribution is 0.775. The second kappa shape index (κ2) is 15.1. The molecule has 0 unspecified atom stereocenters. The molecule has 1 aromatic heterocycles. The van der Waals surface area contributed by atoms with E-state index in [0.29, 0.717) is 5.82 Å². The highest BCUT2D eigenvalue weighted by atomic mass is 14.9. The summed E-state index contributed by atoms with van der Waals surface area (Å²) in [7, 11) is 0. The van der Waals surface area contributed by atoms with Crippen molar-refractivity contribution in [2.75, 3.05) is 0 Å². The first-order valence-electron chi connectivity index (χ1n) is 21.7. The van der Waals surface area contributed by atoms with Crippen LogP contribution in [0.25, 0.3) is 88.8 Å². The topological polar surface area (TPSA) is 25.8 Å². The normalized spacial score (nSPS) is 12.6. The fourth-order valence-corrected chi connectivity index (χ4v) is 10.2. The average molecular weight is 801 g/mol. The van der Waals surface area contributed by atoms with Crippen LogP contribution in [0, 0.1) is 0 Å². The van der Waals surface area contributed by atoms with Crippen LogP contribution in [-0.2, 0) is 5.41 Å². The van der Waals surface area contributed by atoms with Gasteiger partial charge in [0.05, 0.1) is 16.8 Å². The molecule has 10 aromatic carbocycles. The van der Waals surface area contributed by atoms with Crippen molar-refractivity contribution in [3.63, 3.8) is 0 Å². The summed E-state index contributed by atoms with van der Waals surface area (Å²) in [5.41, 5.74) is 16.7. The Bertz CT molecular complexity index is 3450. The minimum Gasteiger partial charge on any atom is -0.228 e. The van der Waals surface area contributed by atoms with Crippen LogP contribution < -0.4 is 0 Å². The van der Waals surface area contributed by atoms with E-state index in [1.54, 1.807) is 0 Å². The summed E-state index contributed by atoms with van der Waals surface area (Å²) < 4.78 is 0. The van der Waals surface area contributed by atoms with Gasteiger partial charge >= 0.3 is 0 Å². The van der Waals surface area contributed by atoms with E-state index in [9.17, 15) is 0 Å². The molecule has 1 aliphatic rings. The standard InChI is InChI=1S/C61H40N2/c1-5-19-41(20-6-1)44-24-17-25-45(39-44)56-40-57(63-60(62-56)43-22-7-2-8-23-43)52-38-37-51(49-31-15-16-32-50(49)52)53-33-18-34-55-58(53)54-36-35-42-21-13-14-30-48(42)59(54)61(55,46-26-9-3-10-27-46)47-28-11-4-12-29-47/h1-40H. The highest BCUT2D eigenvalue weighted by Gasteiger charge is 2.48. The maximum atomic E-state index is 5.32. The number of rotatable bonds is 7. The zero-order valence-electron chi connectivity index (χ0n) is 34.5. The van der Waals surface area contributed by atoms with Gasteiger partial charge in [0, 0.05) is 16.7 Å². The molecule has 0 fully saturated rings. The highest BCUT2D eigenvalue weighted by molar-refractivity contribution is 6.10. The van der Waals surface area contributed by atoms with E-state index in [2.05, 4.69) is 237 Å². The Morgan fingerprint density at radius 3 is 1.54 bits per heavy atom. The van der Waals surface area contributed by atoms with E-state index in [1.807, 2.05) is 6.07 Å². The predicted octanol–water partition coefficient (Wildman–Crippen LogP) is 15.5. The summed E-state index contributed by atoms with van der Waals surface area (Å²) >= 11 is 0. The van der Waals surface area contributed by atoms with Gasteiger partial charge in [-0.25, -0.2) is 9.97 Å². The average Bonchev–Trinajstić information content (AvgIpc) is 3.69. The number of fused-ring (bicyclic) bond motifs is 6.